The second kappa shape index (κ2) is 6.15. The van der Waals surface area contributed by atoms with Gasteiger partial charge in [-0.1, -0.05) is 0 Å². The van der Waals surface area contributed by atoms with Crippen LogP contribution in [-0.4, -0.2) is 12.8 Å². The third-order valence-corrected chi connectivity index (χ3v) is 12.8. The molecule has 102 valence electrons. The van der Waals surface area contributed by atoms with Crippen molar-refractivity contribution < 1.29 is 32.3 Å². The van der Waals surface area contributed by atoms with Crippen LogP contribution in [0.1, 0.15) is 21.2 Å². The third kappa shape index (κ3) is 2.44. The van der Waals surface area contributed by atoms with Crippen molar-refractivity contribution in [3.63, 3.8) is 0 Å². The molecule has 0 radical (unpaired) electrons. The van der Waals surface area contributed by atoms with Gasteiger partial charge in [0.25, 0.3) is 0 Å². The van der Waals surface area contributed by atoms with Gasteiger partial charge in [0.2, 0.25) is 0 Å². The van der Waals surface area contributed by atoms with Gasteiger partial charge < -0.3 is 9.41 Å². The summed E-state index contributed by atoms with van der Waals surface area (Å²) in [6.45, 7) is 2.47. The zero-order chi connectivity index (χ0) is 12.1. The van der Waals surface area contributed by atoms with Crippen molar-refractivity contribution in [1.82, 2.24) is 0 Å². The maximum Gasteiger partial charge on any atom is -1.00 e. The van der Waals surface area contributed by atoms with Crippen molar-refractivity contribution in [2.45, 2.75) is 10.1 Å². The van der Waals surface area contributed by atoms with Crippen molar-refractivity contribution in [2.24, 2.45) is 0 Å². The fourth-order valence-electron chi connectivity index (χ4n) is 3.16. The Labute approximate surface area is 130 Å². The fourth-order valence-corrected chi connectivity index (χ4v) is 13.0. The van der Waals surface area contributed by atoms with Crippen LogP contribution in [0.3, 0.4) is 0 Å². The molecule has 4 heteroatoms. The van der Waals surface area contributed by atoms with Crippen molar-refractivity contribution >= 4 is 14.0 Å². The van der Waals surface area contributed by atoms with E-state index in [0.29, 0.717) is 0 Å². The molecule has 3 aliphatic rings. The summed E-state index contributed by atoms with van der Waals surface area (Å²) in [5.74, 6) is 0. The van der Waals surface area contributed by atoms with Gasteiger partial charge >= 0.3 is 122 Å². The first-order valence-electron chi connectivity index (χ1n) is 6.50. The van der Waals surface area contributed by atoms with Crippen LogP contribution in [0.15, 0.2) is 50.6 Å². The normalized spacial score (nSPS) is 24.8. The van der Waals surface area contributed by atoms with Gasteiger partial charge in [-0.15, -0.1) is 0 Å². The molecule has 20 heavy (non-hydrogen) atoms. The van der Waals surface area contributed by atoms with E-state index < -0.39 is 22.9 Å². The third-order valence-electron chi connectivity index (χ3n) is 4.06. The van der Waals surface area contributed by atoms with Crippen molar-refractivity contribution in [1.29, 1.82) is 0 Å². The molecule has 1 aromatic carbocycles. The van der Waals surface area contributed by atoms with Crippen LogP contribution in [0.25, 0.3) is 6.08 Å². The van der Waals surface area contributed by atoms with E-state index in [0.717, 1.165) is 3.67 Å². The van der Waals surface area contributed by atoms with Crippen LogP contribution in [-0.2, 0) is 22.9 Å². The van der Waals surface area contributed by atoms with Gasteiger partial charge in [0.1, 0.15) is 0 Å². The van der Waals surface area contributed by atoms with E-state index in [1.807, 2.05) is 8.64 Å². The van der Waals surface area contributed by atoms with Crippen LogP contribution in [0, 0.1) is 0 Å². The van der Waals surface area contributed by atoms with Crippen LogP contribution >= 0.6 is 7.92 Å². The standard InChI is InChI=1S/C9H7.C7H8P.2FH.Hf/c1-2-5-9-7-3-6-8(9)4-1;1-8-5-6-3-2-4-7(6)8;;;/h1-7H;3H,2,5H2,1H3;2*1H;/q;;;;+2/p-2. The van der Waals surface area contributed by atoms with Gasteiger partial charge in [0, 0.05) is 0 Å². The molecular weight excluding hydrogens is 440 g/mol. The molecular formula is C16H15F2HfP. The largest absolute Gasteiger partial charge is 1.00 e. The number of fused-ring (bicyclic) bond motifs is 2. The topological polar surface area (TPSA) is 0 Å². The Morgan fingerprint density at radius 3 is 2.80 bits per heavy atom. The molecule has 0 nitrogen and oxygen atoms in total. The second-order valence-electron chi connectivity index (χ2n) is 5.23. The summed E-state index contributed by atoms with van der Waals surface area (Å²) in [6.07, 6.45) is 10.1. The first kappa shape index (κ1) is 16.0. The summed E-state index contributed by atoms with van der Waals surface area (Å²) >= 11 is -0.705. The van der Waals surface area contributed by atoms with E-state index in [1.165, 1.54) is 18.1 Å². The van der Waals surface area contributed by atoms with Crippen molar-refractivity contribution in [2.75, 3.05) is 12.8 Å². The van der Waals surface area contributed by atoms with Crippen LogP contribution < -0.4 is 9.41 Å². The van der Waals surface area contributed by atoms with E-state index in [-0.39, 0.29) is 17.3 Å². The van der Waals surface area contributed by atoms with Gasteiger partial charge in [0.15, 0.2) is 0 Å². The smallest absolute Gasteiger partial charge is 1.00 e. The molecule has 1 heterocycles. The van der Waals surface area contributed by atoms with E-state index in [1.54, 1.807) is 11.1 Å². The average Bonchev–Trinajstić information content (AvgIpc) is 2.91. The van der Waals surface area contributed by atoms with Crippen LogP contribution in [0.5, 0.6) is 0 Å². The Kier molecular flexibility index (Phi) is 4.92. The predicted octanol–water partition coefficient (Wildman–Crippen LogP) is -1.49. The number of allylic oxidation sites excluding steroid dienone is 5. The number of rotatable bonds is 2. The number of halogens is 2. The van der Waals surface area contributed by atoms with E-state index in [4.69, 9.17) is 0 Å². The molecule has 1 saturated heterocycles. The Balaban J connectivity index is 0.000000735. The van der Waals surface area contributed by atoms with E-state index in [2.05, 4.69) is 49.2 Å². The molecule has 0 saturated carbocycles. The van der Waals surface area contributed by atoms with Gasteiger partial charge in [0.05, 0.1) is 0 Å². The molecule has 0 N–H and O–H groups in total. The van der Waals surface area contributed by atoms with Gasteiger partial charge in [-0.25, -0.2) is 0 Å². The Hall–Kier alpha value is -0.400. The molecule has 1 aliphatic heterocycles. The predicted molar refractivity (Wildman–Crippen MR) is 75.7 cm³/mol. The van der Waals surface area contributed by atoms with E-state index in [9.17, 15) is 0 Å². The van der Waals surface area contributed by atoms with Crippen molar-refractivity contribution in [3.05, 3.63) is 61.8 Å². The summed E-state index contributed by atoms with van der Waals surface area (Å²) in [5, 5.41) is 1.85. The molecule has 1 aromatic rings. The molecule has 0 amide bonds. The molecule has 1 fully saturated rings. The molecule has 0 bridgehead atoms. The monoisotopic (exact) mass is 456 g/mol. The minimum Gasteiger partial charge on any atom is -1.00 e. The Morgan fingerprint density at radius 2 is 2.00 bits per heavy atom. The second-order valence-corrected chi connectivity index (χ2v) is 12.8. The summed E-state index contributed by atoms with van der Waals surface area (Å²) in [4.78, 5) is 0. The molecule has 0 spiro atoms. The maximum absolute atomic E-state index is 2.52. The van der Waals surface area contributed by atoms with Crippen LogP contribution in [0.2, 0.25) is 0 Å². The number of hydrogen-bond acceptors (Lipinski definition) is 0. The molecule has 0 aromatic heterocycles. The van der Waals surface area contributed by atoms with Crippen LogP contribution in [0.4, 0.5) is 0 Å². The Morgan fingerprint density at radius 1 is 1.20 bits per heavy atom. The first-order chi connectivity index (χ1) is 8.83. The molecule has 2 atom stereocenters. The van der Waals surface area contributed by atoms with Gasteiger partial charge in [-0.3, -0.25) is 0 Å². The summed E-state index contributed by atoms with van der Waals surface area (Å²) in [5.41, 5.74) is 4.81. The number of benzene rings is 1. The minimum absolute atomic E-state index is 0. The quantitative estimate of drug-likeness (QED) is 0.378. The molecule has 2 aliphatic carbocycles. The summed E-state index contributed by atoms with van der Waals surface area (Å²) < 4.78 is 2.75. The zero-order valence-corrected chi connectivity index (χ0v) is 15.7. The fraction of sp³-hybridized carbons (Fsp3) is 0.250. The number of hydrogen-bond donors (Lipinski definition) is 0. The zero-order valence-electron chi connectivity index (χ0n) is 11.2. The first-order valence-corrected chi connectivity index (χ1v) is 12.3. The minimum atomic E-state index is -0.705. The SMILES string of the molecule is CP1CC2=CC[C]([Hf+2][CH]3C=Cc4ccccc43)=C21.[F-].[F-]. The van der Waals surface area contributed by atoms with E-state index >= 15 is 0 Å². The van der Waals surface area contributed by atoms with Gasteiger partial charge in [-0.05, 0) is 0 Å². The van der Waals surface area contributed by atoms with Crippen molar-refractivity contribution in [3.8, 4) is 0 Å². The average molecular weight is 455 g/mol. The summed E-state index contributed by atoms with van der Waals surface area (Å²) in [7, 11) is 0.251. The maximum atomic E-state index is 2.52. The van der Waals surface area contributed by atoms with Gasteiger partial charge in [-0.2, -0.15) is 0 Å². The molecule has 2 unspecified atom stereocenters. The molecule has 4 rings (SSSR count). The summed E-state index contributed by atoms with van der Waals surface area (Å²) in [6, 6.07) is 8.97. The Bertz CT molecular complexity index is 619.